The minimum absolute atomic E-state index is 0.153. The van der Waals surface area contributed by atoms with E-state index in [4.69, 9.17) is 0 Å². The van der Waals surface area contributed by atoms with E-state index in [-0.39, 0.29) is 17.4 Å². The third kappa shape index (κ3) is 2.26. The summed E-state index contributed by atoms with van der Waals surface area (Å²) in [6.07, 6.45) is 2.89. The fourth-order valence-electron chi connectivity index (χ4n) is 2.99. The molecule has 0 spiro atoms. The molecular formula is C16H17N3O3. The second-order valence-corrected chi connectivity index (χ2v) is 5.35. The quantitative estimate of drug-likeness (QED) is 0.863. The Labute approximate surface area is 127 Å². The monoisotopic (exact) mass is 299 g/mol. The van der Waals surface area contributed by atoms with Gasteiger partial charge in [0, 0.05) is 30.6 Å². The molecule has 0 bridgehead atoms. The van der Waals surface area contributed by atoms with Crippen LogP contribution >= 0.6 is 0 Å². The van der Waals surface area contributed by atoms with E-state index in [0.717, 1.165) is 6.42 Å². The van der Waals surface area contributed by atoms with Crippen LogP contribution in [0.15, 0.2) is 35.3 Å². The highest BCUT2D eigenvalue weighted by Gasteiger charge is 2.34. The maximum Gasteiger partial charge on any atom is 0.256 e. The van der Waals surface area contributed by atoms with Crippen LogP contribution in [0.3, 0.4) is 0 Å². The summed E-state index contributed by atoms with van der Waals surface area (Å²) in [5, 5.41) is 3.68. The molecule has 6 heteroatoms. The lowest BCUT2D eigenvalue weighted by Gasteiger charge is -2.23. The largest absolute Gasteiger partial charge is 0.357 e. The van der Waals surface area contributed by atoms with E-state index in [1.807, 2.05) is 0 Å². The first kappa shape index (κ1) is 14.3. The molecule has 1 aromatic heterocycles. The predicted octanol–water partition coefficient (Wildman–Crippen LogP) is 0.879. The Hall–Kier alpha value is -2.63. The molecule has 2 N–H and O–H groups in total. The molecule has 1 atom stereocenters. The first-order valence-electron chi connectivity index (χ1n) is 7.26. The average Bonchev–Trinajstić information content (AvgIpc) is 3.04. The van der Waals surface area contributed by atoms with Crippen molar-refractivity contribution >= 4 is 22.6 Å². The summed E-state index contributed by atoms with van der Waals surface area (Å²) >= 11 is 0. The van der Waals surface area contributed by atoms with Gasteiger partial charge < -0.3 is 15.2 Å². The summed E-state index contributed by atoms with van der Waals surface area (Å²) in [5.41, 5.74) is 0.197. The second kappa shape index (κ2) is 5.63. The molecule has 1 saturated heterocycles. The Morgan fingerprint density at radius 1 is 1.27 bits per heavy atom. The number of hydrogen-bond acceptors (Lipinski definition) is 3. The van der Waals surface area contributed by atoms with Crippen molar-refractivity contribution in [3.63, 3.8) is 0 Å². The second-order valence-electron chi connectivity index (χ2n) is 5.35. The Morgan fingerprint density at radius 2 is 2.00 bits per heavy atom. The van der Waals surface area contributed by atoms with Crippen molar-refractivity contribution in [2.24, 2.45) is 0 Å². The molecule has 0 unspecified atom stereocenters. The number of benzene rings is 1. The van der Waals surface area contributed by atoms with Crippen LogP contribution in [0.1, 0.15) is 23.2 Å². The molecule has 6 nitrogen and oxygen atoms in total. The number of fused-ring (bicyclic) bond motifs is 1. The lowest BCUT2D eigenvalue weighted by atomic mass is 10.1. The van der Waals surface area contributed by atoms with E-state index in [0.29, 0.717) is 29.3 Å². The molecule has 1 aliphatic heterocycles. The Kier molecular flexibility index (Phi) is 3.66. The number of carbonyl (C=O) groups excluding carboxylic acids is 2. The summed E-state index contributed by atoms with van der Waals surface area (Å²) in [7, 11) is 1.57. The van der Waals surface area contributed by atoms with Crippen LogP contribution in [-0.2, 0) is 4.79 Å². The highest BCUT2D eigenvalue weighted by atomic mass is 16.2. The zero-order chi connectivity index (χ0) is 15.7. The lowest BCUT2D eigenvalue weighted by Crippen LogP contribution is -2.45. The molecule has 22 heavy (non-hydrogen) atoms. The van der Waals surface area contributed by atoms with E-state index in [2.05, 4.69) is 10.3 Å². The van der Waals surface area contributed by atoms with E-state index in [1.165, 1.54) is 6.20 Å². The van der Waals surface area contributed by atoms with Gasteiger partial charge in [-0.1, -0.05) is 18.2 Å². The maximum absolute atomic E-state index is 12.8. The SMILES string of the molecule is CNC(=O)[C@H]1CCCN1C(=O)c1c[nH]c(=O)c2ccccc12. The zero-order valence-electron chi connectivity index (χ0n) is 12.3. The first-order valence-corrected chi connectivity index (χ1v) is 7.26. The number of H-pyrrole nitrogens is 1. The number of rotatable bonds is 2. The van der Waals surface area contributed by atoms with Crippen molar-refractivity contribution in [1.82, 2.24) is 15.2 Å². The van der Waals surface area contributed by atoms with E-state index in [1.54, 1.807) is 36.2 Å². The molecule has 0 saturated carbocycles. The molecule has 2 heterocycles. The van der Waals surface area contributed by atoms with Gasteiger partial charge in [-0.15, -0.1) is 0 Å². The van der Waals surface area contributed by atoms with Crippen molar-refractivity contribution in [3.8, 4) is 0 Å². The number of likely N-dealkylation sites (tertiary alicyclic amines) is 1. The number of aromatic amines is 1. The van der Waals surface area contributed by atoms with Gasteiger partial charge >= 0.3 is 0 Å². The van der Waals surface area contributed by atoms with Crippen molar-refractivity contribution in [1.29, 1.82) is 0 Å². The van der Waals surface area contributed by atoms with Crippen LogP contribution in [0.25, 0.3) is 10.8 Å². The van der Waals surface area contributed by atoms with Gasteiger partial charge in [0.15, 0.2) is 0 Å². The minimum Gasteiger partial charge on any atom is -0.357 e. The van der Waals surface area contributed by atoms with Crippen molar-refractivity contribution < 1.29 is 9.59 Å². The van der Waals surface area contributed by atoms with Crippen LogP contribution in [0.2, 0.25) is 0 Å². The molecule has 114 valence electrons. The van der Waals surface area contributed by atoms with Gasteiger partial charge in [0.05, 0.1) is 5.56 Å². The van der Waals surface area contributed by atoms with Gasteiger partial charge in [0.25, 0.3) is 11.5 Å². The normalized spacial score (nSPS) is 17.7. The van der Waals surface area contributed by atoms with Crippen LogP contribution in [0.5, 0.6) is 0 Å². The fraction of sp³-hybridized carbons (Fsp3) is 0.312. The zero-order valence-corrected chi connectivity index (χ0v) is 12.3. The number of nitrogens with zero attached hydrogens (tertiary/aromatic N) is 1. The van der Waals surface area contributed by atoms with E-state index in [9.17, 15) is 14.4 Å². The van der Waals surface area contributed by atoms with Crippen LogP contribution in [-0.4, -0.2) is 41.3 Å². The van der Waals surface area contributed by atoms with Gasteiger partial charge in [-0.05, 0) is 18.9 Å². The third-order valence-electron chi connectivity index (χ3n) is 4.10. The molecule has 0 radical (unpaired) electrons. The average molecular weight is 299 g/mol. The van der Waals surface area contributed by atoms with Gasteiger partial charge in [0.2, 0.25) is 5.91 Å². The summed E-state index contributed by atoms with van der Waals surface area (Å²) in [6, 6.07) is 6.55. The molecule has 2 aromatic rings. The van der Waals surface area contributed by atoms with E-state index < -0.39 is 6.04 Å². The van der Waals surface area contributed by atoms with Crippen molar-refractivity contribution in [2.45, 2.75) is 18.9 Å². The number of aromatic nitrogens is 1. The molecule has 3 rings (SSSR count). The summed E-state index contributed by atoms with van der Waals surface area (Å²) < 4.78 is 0. The van der Waals surface area contributed by atoms with Gasteiger partial charge in [-0.25, -0.2) is 0 Å². The number of pyridine rings is 1. The van der Waals surface area contributed by atoms with Crippen LogP contribution in [0, 0.1) is 0 Å². The lowest BCUT2D eigenvalue weighted by molar-refractivity contribution is -0.124. The van der Waals surface area contributed by atoms with Gasteiger partial charge in [0.1, 0.15) is 6.04 Å². The molecule has 2 amide bonds. The maximum atomic E-state index is 12.8. The smallest absolute Gasteiger partial charge is 0.256 e. The fourth-order valence-corrected chi connectivity index (χ4v) is 2.99. The highest BCUT2D eigenvalue weighted by molar-refractivity contribution is 6.07. The Morgan fingerprint density at radius 3 is 2.73 bits per heavy atom. The number of hydrogen-bond donors (Lipinski definition) is 2. The van der Waals surface area contributed by atoms with Crippen LogP contribution < -0.4 is 10.9 Å². The standard InChI is InChI=1S/C16H17N3O3/c1-17-15(21)13-7-4-8-19(13)16(22)12-9-18-14(20)11-6-3-2-5-10(11)12/h2-3,5-6,9,13H,4,7-8H2,1H3,(H,17,21)(H,18,20)/t13-/m1/s1. The summed E-state index contributed by atoms with van der Waals surface area (Å²) in [6.45, 7) is 0.546. The molecule has 0 aliphatic carbocycles. The molecule has 1 aromatic carbocycles. The topological polar surface area (TPSA) is 82.3 Å². The highest BCUT2D eigenvalue weighted by Crippen LogP contribution is 2.23. The van der Waals surface area contributed by atoms with Crippen molar-refractivity contribution in [2.75, 3.05) is 13.6 Å². The number of likely N-dealkylation sites (N-methyl/N-ethyl adjacent to an activating group) is 1. The number of carbonyl (C=O) groups is 2. The molecular weight excluding hydrogens is 282 g/mol. The summed E-state index contributed by atoms with van der Waals surface area (Å²) in [5.74, 6) is -0.377. The molecule has 1 fully saturated rings. The molecule has 1 aliphatic rings. The minimum atomic E-state index is -0.441. The Bertz CT molecular complexity index is 797. The number of amides is 2. The van der Waals surface area contributed by atoms with Crippen molar-refractivity contribution in [3.05, 3.63) is 46.4 Å². The van der Waals surface area contributed by atoms with Gasteiger partial charge in [-0.3, -0.25) is 14.4 Å². The van der Waals surface area contributed by atoms with Gasteiger partial charge in [-0.2, -0.15) is 0 Å². The van der Waals surface area contributed by atoms with E-state index >= 15 is 0 Å². The van der Waals surface area contributed by atoms with Crippen LogP contribution in [0.4, 0.5) is 0 Å². The first-order chi connectivity index (χ1) is 10.6. The Balaban J connectivity index is 2.04. The predicted molar refractivity (Wildman–Crippen MR) is 82.7 cm³/mol. The number of nitrogens with one attached hydrogen (secondary N) is 2. The summed E-state index contributed by atoms with van der Waals surface area (Å²) in [4.78, 5) is 40.8. The third-order valence-corrected chi connectivity index (χ3v) is 4.10.